The van der Waals surface area contributed by atoms with Crippen LogP contribution in [0.2, 0.25) is 0 Å². The van der Waals surface area contributed by atoms with E-state index in [9.17, 15) is 4.79 Å². The topological polar surface area (TPSA) is 63.3 Å². The maximum atomic E-state index is 12.3. The average molecular weight is 320 g/mol. The highest BCUT2D eigenvalue weighted by Crippen LogP contribution is 2.35. The van der Waals surface area contributed by atoms with Gasteiger partial charge in [0.1, 0.15) is 5.82 Å². The summed E-state index contributed by atoms with van der Waals surface area (Å²) < 4.78 is 2.15. The molecule has 0 saturated carbocycles. The van der Waals surface area contributed by atoms with Crippen molar-refractivity contribution in [2.24, 2.45) is 5.73 Å². The molecular weight excluding hydrogens is 300 g/mol. The van der Waals surface area contributed by atoms with E-state index in [0.717, 1.165) is 48.6 Å². The van der Waals surface area contributed by atoms with Gasteiger partial charge in [0.25, 0.3) is 5.91 Å². The molecule has 3 N–H and O–H groups in total. The second-order valence-electron chi connectivity index (χ2n) is 5.99. The Bertz CT molecular complexity index is 879. The lowest BCUT2D eigenvalue weighted by molar-refractivity contribution is 0.100. The molecule has 5 nitrogen and oxygen atoms in total. The number of carbonyl (C=O) groups is 1. The minimum absolute atomic E-state index is 0.380. The molecule has 0 aliphatic carbocycles. The zero-order chi connectivity index (χ0) is 16.5. The normalized spacial score (nSPS) is 14.9. The van der Waals surface area contributed by atoms with E-state index in [4.69, 9.17) is 5.73 Å². The lowest BCUT2D eigenvalue weighted by Gasteiger charge is -2.31. The molecule has 4 rings (SSSR count). The Balaban J connectivity index is 2.06. The number of rotatable bonds is 3. The van der Waals surface area contributed by atoms with E-state index >= 15 is 0 Å². The van der Waals surface area contributed by atoms with Gasteiger partial charge in [-0.15, -0.1) is 0 Å². The van der Waals surface area contributed by atoms with Crippen molar-refractivity contribution in [1.82, 2.24) is 9.88 Å². The van der Waals surface area contributed by atoms with E-state index in [0.29, 0.717) is 5.56 Å². The van der Waals surface area contributed by atoms with Crippen molar-refractivity contribution in [3.05, 3.63) is 60.2 Å². The number of benzene rings is 2. The summed E-state index contributed by atoms with van der Waals surface area (Å²) in [5.41, 5.74) is 8.43. The summed E-state index contributed by atoms with van der Waals surface area (Å²) in [5, 5.41) is 4.26. The summed E-state index contributed by atoms with van der Waals surface area (Å²) in [6.07, 6.45) is 0. The van der Waals surface area contributed by atoms with Gasteiger partial charge in [0.2, 0.25) is 0 Å². The van der Waals surface area contributed by atoms with E-state index in [1.165, 1.54) is 0 Å². The minimum Gasteiger partial charge on any atom is -0.365 e. The van der Waals surface area contributed by atoms with Crippen molar-refractivity contribution in [2.45, 2.75) is 0 Å². The fourth-order valence-electron chi connectivity index (χ4n) is 3.48. The lowest BCUT2D eigenvalue weighted by Crippen LogP contribution is -2.45. The SMILES string of the molecule is NC(=O)c1c(N2CCNCC2)n(-c2ccccc2)c2ccccc12. The first kappa shape index (κ1) is 14.8. The fraction of sp³-hybridized carbons (Fsp3) is 0.211. The van der Waals surface area contributed by atoms with Crippen LogP contribution in [-0.2, 0) is 0 Å². The van der Waals surface area contributed by atoms with Gasteiger partial charge < -0.3 is 16.0 Å². The molecule has 1 fully saturated rings. The minimum atomic E-state index is -0.380. The van der Waals surface area contributed by atoms with Gasteiger partial charge in [0.05, 0.1) is 11.1 Å². The number of anilines is 1. The number of fused-ring (bicyclic) bond motifs is 1. The predicted molar refractivity (Wildman–Crippen MR) is 96.9 cm³/mol. The quantitative estimate of drug-likeness (QED) is 0.777. The summed E-state index contributed by atoms with van der Waals surface area (Å²) >= 11 is 0. The summed E-state index contributed by atoms with van der Waals surface area (Å²) in [6, 6.07) is 18.1. The molecule has 0 unspecified atom stereocenters. The van der Waals surface area contributed by atoms with Crippen LogP contribution in [-0.4, -0.2) is 36.7 Å². The Morgan fingerprint density at radius 1 is 0.958 bits per heavy atom. The first-order valence-electron chi connectivity index (χ1n) is 8.21. The molecule has 3 aromatic rings. The highest BCUT2D eigenvalue weighted by Gasteiger charge is 2.26. The summed E-state index contributed by atoms with van der Waals surface area (Å²) in [4.78, 5) is 14.5. The number of nitrogens with zero attached hydrogens (tertiary/aromatic N) is 2. The van der Waals surface area contributed by atoms with Crippen molar-refractivity contribution in [1.29, 1.82) is 0 Å². The van der Waals surface area contributed by atoms with Gasteiger partial charge in [-0.05, 0) is 18.2 Å². The first-order valence-corrected chi connectivity index (χ1v) is 8.21. The Kier molecular flexibility index (Phi) is 3.70. The number of amides is 1. The van der Waals surface area contributed by atoms with E-state index in [-0.39, 0.29) is 5.91 Å². The molecular formula is C19H20N4O. The monoisotopic (exact) mass is 320 g/mol. The van der Waals surface area contributed by atoms with Crippen LogP contribution in [0.1, 0.15) is 10.4 Å². The van der Waals surface area contributed by atoms with Gasteiger partial charge in [-0.2, -0.15) is 0 Å². The number of para-hydroxylation sites is 2. The standard InChI is InChI=1S/C19H20N4O/c20-18(24)17-15-8-4-5-9-16(15)23(14-6-2-1-3-7-14)19(17)22-12-10-21-11-13-22/h1-9,21H,10-13H2,(H2,20,24). The maximum Gasteiger partial charge on any atom is 0.253 e. The molecule has 1 aromatic heterocycles. The summed E-state index contributed by atoms with van der Waals surface area (Å²) in [7, 11) is 0. The Morgan fingerprint density at radius 3 is 2.33 bits per heavy atom. The Morgan fingerprint density at radius 2 is 1.62 bits per heavy atom. The first-order chi connectivity index (χ1) is 11.8. The molecule has 24 heavy (non-hydrogen) atoms. The van der Waals surface area contributed by atoms with Crippen LogP contribution >= 0.6 is 0 Å². The zero-order valence-corrected chi connectivity index (χ0v) is 13.4. The number of carbonyl (C=O) groups excluding carboxylic acids is 1. The number of nitrogens with two attached hydrogens (primary N) is 1. The number of primary amides is 1. The molecule has 2 heterocycles. The van der Waals surface area contributed by atoms with Crippen molar-refractivity contribution in [3.63, 3.8) is 0 Å². The molecule has 1 saturated heterocycles. The average Bonchev–Trinajstić information content (AvgIpc) is 2.98. The van der Waals surface area contributed by atoms with Crippen molar-refractivity contribution in [2.75, 3.05) is 31.1 Å². The number of hydrogen-bond donors (Lipinski definition) is 2. The van der Waals surface area contributed by atoms with Gasteiger partial charge >= 0.3 is 0 Å². The molecule has 1 aliphatic rings. The van der Waals surface area contributed by atoms with Crippen molar-refractivity contribution in [3.8, 4) is 5.69 Å². The molecule has 1 amide bonds. The molecule has 122 valence electrons. The number of aromatic nitrogens is 1. The number of piperazine rings is 1. The van der Waals surface area contributed by atoms with Crippen LogP contribution < -0.4 is 16.0 Å². The van der Waals surface area contributed by atoms with Crippen LogP contribution in [0.5, 0.6) is 0 Å². The maximum absolute atomic E-state index is 12.3. The highest BCUT2D eigenvalue weighted by atomic mass is 16.1. The van der Waals surface area contributed by atoms with Gasteiger partial charge in [0.15, 0.2) is 0 Å². The fourth-order valence-corrected chi connectivity index (χ4v) is 3.48. The van der Waals surface area contributed by atoms with E-state index in [1.807, 2.05) is 42.5 Å². The Hall–Kier alpha value is -2.79. The highest BCUT2D eigenvalue weighted by molar-refractivity contribution is 6.12. The van der Waals surface area contributed by atoms with E-state index < -0.39 is 0 Å². The molecule has 0 bridgehead atoms. The van der Waals surface area contributed by atoms with E-state index in [1.54, 1.807) is 0 Å². The number of hydrogen-bond acceptors (Lipinski definition) is 3. The molecule has 5 heteroatoms. The third kappa shape index (κ3) is 2.34. The van der Waals surface area contributed by atoms with Crippen LogP contribution in [0, 0.1) is 0 Å². The van der Waals surface area contributed by atoms with E-state index in [2.05, 4.69) is 26.9 Å². The van der Waals surface area contributed by atoms with Crippen molar-refractivity contribution < 1.29 is 4.79 Å². The smallest absolute Gasteiger partial charge is 0.253 e. The molecule has 0 atom stereocenters. The van der Waals surface area contributed by atoms with Gasteiger partial charge in [-0.3, -0.25) is 9.36 Å². The largest absolute Gasteiger partial charge is 0.365 e. The molecule has 0 spiro atoms. The van der Waals surface area contributed by atoms with Gasteiger partial charge in [-0.1, -0.05) is 36.4 Å². The molecule has 2 aromatic carbocycles. The Labute approximate surface area is 140 Å². The third-order valence-corrected chi connectivity index (χ3v) is 4.53. The van der Waals surface area contributed by atoms with Crippen LogP contribution in [0.4, 0.5) is 5.82 Å². The third-order valence-electron chi connectivity index (χ3n) is 4.53. The second-order valence-corrected chi connectivity index (χ2v) is 5.99. The summed E-state index contributed by atoms with van der Waals surface area (Å²) in [5.74, 6) is 0.519. The second kappa shape index (κ2) is 6.02. The zero-order valence-electron chi connectivity index (χ0n) is 13.4. The van der Waals surface area contributed by atoms with Crippen molar-refractivity contribution >= 4 is 22.6 Å². The summed E-state index contributed by atoms with van der Waals surface area (Å²) in [6.45, 7) is 3.50. The molecule has 0 radical (unpaired) electrons. The van der Waals surface area contributed by atoms with Crippen LogP contribution in [0.25, 0.3) is 16.6 Å². The molecule has 1 aliphatic heterocycles. The lowest BCUT2D eigenvalue weighted by atomic mass is 10.1. The number of nitrogens with one attached hydrogen (secondary N) is 1. The van der Waals surface area contributed by atoms with Gasteiger partial charge in [0, 0.05) is 37.3 Å². The van der Waals surface area contributed by atoms with Gasteiger partial charge in [-0.25, -0.2) is 0 Å². The van der Waals surface area contributed by atoms with Crippen LogP contribution in [0.3, 0.4) is 0 Å². The predicted octanol–water partition coefficient (Wildman–Crippen LogP) is 2.14. The van der Waals surface area contributed by atoms with Crippen LogP contribution in [0.15, 0.2) is 54.6 Å².